The number of hydrogen-bond acceptors (Lipinski definition) is 6. The van der Waals surface area contributed by atoms with E-state index in [4.69, 9.17) is 5.73 Å². The number of nitrogens with one attached hydrogen (secondary N) is 2. The van der Waals surface area contributed by atoms with E-state index in [1.807, 2.05) is 0 Å². The SMILES string of the molecule is C[NH+]1CCc2c(sc(NC(=O)c3ccc([N+](=O)[O-])s3)c2C(N)=O)C1. The second-order valence-corrected chi connectivity index (χ2v) is 7.72. The molecule has 0 radical (unpaired) electrons. The van der Waals surface area contributed by atoms with Crippen LogP contribution in [0.1, 0.15) is 30.5 Å². The van der Waals surface area contributed by atoms with E-state index in [0.29, 0.717) is 10.6 Å². The highest BCUT2D eigenvalue weighted by atomic mass is 32.1. The van der Waals surface area contributed by atoms with E-state index < -0.39 is 16.7 Å². The Bertz CT molecular complexity index is 842. The van der Waals surface area contributed by atoms with Crippen LogP contribution in [0.15, 0.2) is 12.1 Å². The fourth-order valence-electron chi connectivity index (χ4n) is 2.68. The lowest BCUT2D eigenvalue weighted by atomic mass is 10.0. The Kier molecular flexibility index (Phi) is 4.35. The minimum absolute atomic E-state index is 0.106. The minimum Gasteiger partial charge on any atom is -0.365 e. The third-order valence-corrected chi connectivity index (χ3v) is 6.01. The molecule has 3 rings (SSSR count). The third kappa shape index (κ3) is 3.03. The molecule has 2 amide bonds. The average molecular weight is 367 g/mol. The van der Waals surface area contributed by atoms with Crippen molar-refractivity contribution in [3.8, 4) is 0 Å². The monoisotopic (exact) mass is 367 g/mol. The maximum Gasteiger partial charge on any atom is 0.324 e. The molecule has 8 nitrogen and oxygen atoms in total. The molecule has 0 bridgehead atoms. The molecule has 0 aliphatic carbocycles. The van der Waals surface area contributed by atoms with Gasteiger partial charge in [0.1, 0.15) is 11.5 Å². The molecule has 0 spiro atoms. The number of quaternary nitrogens is 1. The zero-order valence-corrected chi connectivity index (χ0v) is 14.4. The number of fused-ring (bicyclic) bond motifs is 1. The van der Waals surface area contributed by atoms with Crippen molar-refractivity contribution in [3.05, 3.63) is 43.1 Å². The molecule has 0 fully saturated rings. The summed E-state index contributed by atoms with van der Waals surface area (Å²) in [5, 5.41) is 13.7. The molecular formula is C14H15N4O4S2+. The molecule has 2 aromatic heterocycles. The number of nitrogens with zero attached hydrogens (tertiary/aromatic N) is 1. The summed E-state index contributed by atoms with van der Waals surface area (Å²) >= 11 is 2.14. The Morgan fingerprint density at radius 1 is 1.38 bits per heavy atom. The molecule has 0 aromatic carbocycles. The standard InChI is InChI=1S/C14H14N4O4S2/c1-17-5-4-7-9(6-17)24-14(11(7)12(15)19)16-13(20)8-2-3-10(23-8)18(21)22/h2-3H,4-6H2,1H3,(H2,15,19)(H,16,20)/p+1. The number of thiophene rings is 2. The summed E-state index contributed by atoms with van der Waals surface area (Å²) in [6.45, 7) is 1.68. The smallest absolute Gasteiger partial charge is 0.324 e. The summed E-state index contributed by atoms with van der Waals surface area (Å²) in [7, 11) is 2.07. The van der Waals surface area contributed by atoms with Crippen molar-refractivity contribution in [3.63, 3.8) is 0 Å². The van der Waals surface area contributed by atoms with Crippen molar-refractivity contribution in [2.24, 2.45) is 5.73 Å². The van der Waals surface area contributed by atoms with Crippen molar-refractivity contribution >= 4 is 44.5 Å². The molecular weight excluding hydrogens is 352 g/mol. The molecule has 126 valence electrons. The number of carbonyl (C=O) groups excluding carboxylic acids is 2. The normalized spacial score (nSPS) is 16.5. The van der Waals surface area contributed by atoms with E-state index in [0.717, 1.165) is 41.3 Å². The van der Waals surface area contributed by atoms with Crippen LogP contribution in [0.25, 0.3) is 0 Å². The number of amides is 2. The number of rotatable bonds is 4. The van der Waals surface area contributed by atoms with Gasteiger partial charge in [0, 0.05) is 12.5 Å². The summed E-state index contributed by atoms with van der Waals surface area (Å²) in [5.74, 6) is -1.05. The summed E-state index contributed by atoms with van der Waals surface area (Å²) in [6.07, 6.45) is 0.732. The second kappa shape index (κ2) is 6.30. The first kappa shape index (κ1) is 16.6. The van der Waals surface area contributed by atoms with Gasteiger partial charge in [-0.25, -0.2) is 0 Å². The predicted octanol–water partition coefficient (Wildman–Crippen LogP) is 0.640. The molecule has 3 heterocycles. The van der Waals surface area contributed by atoms with Crippen LogP contribution in [0.3, 0.4) is 0 Å². The molecule has 0 saturated heterocycles. The average Bonchev–Trinajstić information content (AvgIpc) is 3.10. The van der Waals surface area contributed by atoms with Crippen LogP contribution < -0.4 is 16.0 Å². The number of nitrogens with two attached hydrogens (primary N) is 1. The summed E-state index contributed by atoms with van der Waals surface area (Å²) in [6, 6.07) is 2.68. The van der Waals surface area contributed by atoms with Crippen LogP contribution in [0, 0.1) is 10.1 Å². The number of carbonyl (C=O) groups is 2. The van der Waals surface area contributed by atoms with Crippen molar-refractivity contribution in [1.82, 2.24) is 0 Å². The van der Waals surface area contributed by atoms with Crippen LogP contribution in [-0.2, 0) is 13.0 Å². The van der Waals surface area contributed by atoms with Gasteiger partial charge in [0.25, 0.3) is 11.8 Å². The Morgan fingerprint density at radius 3 is 2.75 bits per heavy atom. The third-order valence-electron chi connectivity index (χ3n) is 3.82. The number of likely N-dealkylation sites (N-methyl/N-ethyl adjacent to an activating group) is 1. The van der Waals surface area contributed by atoms with Gasteiger partial charge in [-0.05, 0) is 11.6 Å². The van der Waals surface area contributed by atoms with E-state index in [1.165, 1.54) is 28.4 Å². The van der Waals surface area contributed by atoms with E-state index in [1.54, 1.807) is 0 Å². The van der Waals surface area contributed by atoms with E-state index >= 15 is 0 Å². The highest BCUT2D eigenvalue weighted by molar-refractivity contribution is 7.18. The molecule has 10 heteroatoms. The Hall–Kier alpha value is -2.30. The van der Waals surface area contributed by atoms with Crippen LogP contribution >= 0.6 is 22.7 Å². The summed E-state index contributed by atoms with van der Waals surface area (Å²) < 4.78 is 0. The zero-order valence-electron chi connectivity index (χ0n) is 12.8. The largest absolute Gasteiger partial charge is 0.365 e. The van der Waals surface area contributed by atoms with Gasteiger partial charge in [-0.2, -0.15) is 0 Å². The lowest BCUT2D eigenvalue weighted by molar-refractivity contribution is -0.895. The lowest BCUT2D eigenvalue weighted by Gasteiger charge is -2.19. The number of nitro groups is 1. The van der Waals surface area contributed by atoms with Crippen molar-refractivity contribution in [1.29, 1.82) is 0 Å². The van der Waals surface area contributed by atoms with Gasteiger partial charge in [0.2, 0.25) is 0 Å². The van der Waals surface area contributed by atoms with Gasteiger partial charge >= 0.3 is 5.00 Å². The van der Waals surface area contributed by atoms with Crippen LogP contribution in [0.5, 0.6) is 0 Å². The molecule has 0 saturated carbocycles. The topological polar surface area (TPSA) is 120 Å². The van der Waals surface area contributed by atoms with E-state index in [9.17, 15) is 19.7 Å². The number of anilines is 1. The Balaban J connectivity index is 1.90. The first-order chi connectivity index (χ1) is 11.4. The van der Waals surface area contributed by atoms with Crippen LogP contribution in [0.2, 0.25) is 0 Å². The molecule has 2 aromatic rings. The lowest BCUT2D eigenvalue weighted by Crippen LogP contribution is -3.08. The zero-order chi connectivity index (χ0) is 17.4. The van der Waals surface area contributed by atoms with Crippen LogP contribution in [0.4, 0.5) is 10.0 Å². The molecule has 1 aliphatic rings. The highest BCUT2D eigenvalue weighted by Crippen LogP contribution is 2.35. The van der Waals surface area contributed by atoms with E-state index in [2.05, 4.69) is 12.4 Å². The molecule has 4 N–H and O–H groups in total. The second-order valence-electron chi connectivity index (χ2n) is 5.56. The van der Waals surface area contributed by atoms with E-state index in [-0.39, 0.29) is 9.88 Å². The number of hydrogen-bond donors (Lipinski definition) is 3. The Morgan fingerprint density at radius 2 is 2.12 bits per heavy atom. The van der Waals surface area contributed by atoms with Gasteiger partial charge in [0.15, 0.2) is 0 Å². The highest BCUT2D eigenvalue weighted by Gasteiger charge is 2.28. The first-order valence-corrected chi connectivity index (χ1v) is 8.81. The van der Waals surface area contributed by atoms with Crippen molar-refractivity contribution in [2.45, 2.75) is 13.0 Å². The van der Waals surface area contributed by atoms with Crippen molar-refractivity contribution in [2.75, 3.05) is 18.9 Å². The summed E-state index contributed by atoms with van der Waals surface area (Å²) in [4.78, 5) is 36.9. The van der Waals surface area contributed by atoms with Gasteiger partial charge in [-0.1, -0.05) is 11.3 Å². The molecule has 1 aliphatic heterocycles. The van der Waals surface area contributed by atoms with Gasteiger partial charge in [0.05, 0.1) is 33.8 Å². The molecule has 1 unspecified atom stereocenters. The van der Waals surface area contributed by atoms with Gasteiger partial charge in [-0.15, -0.1) is 11.3 Å². The van der Waals surface area contributed by atoms with Crippen LogP contribution in [-0.4, -0.2) is 30.3 Å². The van der Waals surface area contributed by atoms with Crippen molar-refractivity contribution < 1.29 is 19.4 Å². The first-order valence-electron chi connectivity index (χ1n) is 7.18. The molecule has 1 atom stereocenters. The fourth-order valence-corrected chi connectivity index (χ4v) is 4.76. The van der Waals surface area contributed by atoms with Gasteiger partial charge < -0.3 is 16.0 Å². The number of primary amides is 1. The predicted molar refractivity (Wildman–Crippen MR) is 90.9 cm³/mol. The quantitative estimate of drug-likeness (QED) is 0.542. The minimum atomic E-state index is -0.570. The van der Waals surface area contributed by atoms with Gasteiger partial charge in [-0.3, -0.25) is 19.7 Å². The fraction of sp³-hybridized carbons (Fsp3) is 0.286. The maximum atomic E-state index is 12.3. The Labute approximate surface area is 145 Å². The summed E-state index contributed by atoms with van der Waals surface area (Å²) in [5.41, 5.74) is 6.77. The molecule has 24 heavy (non-hydrogen) atoms. The maximum absolute atomic E-state index is 12.3.